The second-order valence-electron chi connectivity index (χ2n) is 4.02. The van der Waals surface area contributed by atoms with Crippen molar-refractivity contribution in [2.45, 2.75) is 13.0 Å². The van der Waals surface area contributed by atoms with Crippen LogP contribution >= 0.6 is 0 Å². The zero-order valence-electron chi connectivity index (χ0n) is 8.68. The first-order valence-electron chi connectivity index (χ1n) is 5.02. The van der Waals surface area contributed by atoms with Crippen molar-refractivity contribution in [3.8, 4) is 5.88 Å². The Labute approximate surface area is 84.7 Å². The van der Waals surface area contributed by atoms with Gasteiger partial charge < -0.3 is 9.64 Å². The molecule has 3 heteroatoms. The van der Waals surface area contributed by atoms with E-state index in [4.69, 9.17) is 4.74 Å². The van der Waals surface area contributed by atoms with Crippen LogP contribution in [0.1, 0.15) is 6.92 Å². The van der Waals surface area contributed by atoms with Crippen molar-refractivity contribution in [2.24, 2.45) is 5.92 Å². The molecule has 2 heterocycles. The van der Waals surface area contributed by atoms with Crippen LogP contribution in [-0.4, -0.2) is 36.1 Å². The molecule has 0 N–H and O–H groups in total. The summed E-state index contributed by atoms with van der Waals surface area (Å²) in [6.07, 6.45) is 2.05. The Kier molecular flexibility index (Phi) is 2.68. The minimum absolute atomic E-state index is 0.287. The highest BCUT2D eigenvalue weighted by atomic mass is 16.5. The van der Waals surface area contributed by atoms with Crippen molar-refractivity contribution in [2.75, 3.05) is 20.1 Å². The maximum Gasteiger partial charge on any atom is 0.213 e. The van der Waals surface area contributed by atoms with Gasteiger partial charge in [0.15, 0.2) is 0 Å². The molecule has 14 heavy (non-hydrogen) atoms. The molecular weight excluding hydrogens is 176 g/mol. The lowest BCUT2D eigenvalue weighted by Gasteiger charge is -2.15. The Hall–Kier alpha value is -1.09. The molecule has 2 rings (SSSR count). The summed E-state index contributed by atoms with van der Waals surface area (Å²) in [4.78, 5) is 6.45. The summed E-state index contributed by atoms with van der Waals surface area (Å²) in [6, 6.07) is 5.76. The topological polar surface area (TPSA) is 25.4 Å². The van der Waals surface area contributed by atoms with Gasteiger partial charge in [-0.15, -0.1) is 0 Å². The summed E-state index contributed by atoms with van der Waals surface area (Å²) in [5.41, 5.74) is 0. The van der Waals surface area contributed by atoms with Crippen LogP contribution in [0.5, 0.6) is 5.88 Å². The van der Waals surface area contributed by atoms with Crippen LogP contribution in [0.25, 0.3) is 0 Å². The van der Waals surface area contributed by atoms with Gasteiger partial charge in [0.25, 0.3) is 0 Å². The molecule has 1 fully saturated rings. The van der Waals surface area contributed by atoms with Crippen molar-refractivity contribution >= 4 is 0 Å². The molecule has 0 amide bonds. The number of ether oxygens (including phenoxy) is 1. The lowest BCUT2D eigenvalue weighted by molar-refractivity contribution is 0.169. The third kappa shape index (κ3) is 2.04. The van der Waals surface area contributed by atoms with Gasteiger partial charge in [-0.3, -0.25) is 0 Å². The summed E-state index contributed by atoms with van der Waals surface area (Å²) < 4.78 is 5.81. The van der Waals surface area contributed by atoms with Crippen molar-refractivity contribution in [1.82, 2.24) is 9.88 Å². The number of likely N-dealkylation sites (N-methyl/N-ethyl adjacent to an activating group) is 1. The maximum absolute atomic E-state index is 5.81. The summed E-state index contributed by atoms with van der Waals surface area (Å²) in [6.45, 7) is 4.33. The Morgan fingerprint density at radius 1 is 1.43 bits per heavy atom. The number of likely N-dealkylation sites (tertiary alicyclic amines) is 1. The highest BCUT2D eigenvalue weighted by molar-refractivity contribution is 5.10. The predicted octanol–water partition coefficient (Wildman–Crippen LogP) is 1.41. The van der Waals surface area contributed by atoms with Crippen molar-refractivity contribution in [3.05, 3.63) is 24.4 Å². The van der Waals surface area contributed by atoms with Crippen LogP contribution in [-0.2, 0) is 0 Å². The third-order valence-corrected chi connectivity index (χ3v) is 2.64. The van der Waals surface area contributed by atoms with Crippen molar-refractivity contribution < 1.29 is 4.74 Å². The largest absolute Gasteiger partial charge is 0.473 e. The Balaban J connectivity index is 1.98. The van der Waals surface area contributed by atoms with Gasteiger partial charge in [0.1, 0.15) is 6.10 Å². The molecule has 0 saturated carbocycles. The molecule has 0 spiro atoms. The number of hydrogen-bond acceptors (Lipinski definition) is 3. The van der Waals surface area contributed by atoms with Gasteiger partial charge in [0.05, 0.1) is 0 Å². The lowest BCUT2D eigenvalue weighted by atomic mass is 10.1. The molecule has 0 aromatic carbocycles. The molecule has 0 aliphatic carbocycles. The van der Waals surface area contributed by atoms with E-state index in [1.54, 1.807) is 6.20 Å². The molecule has 1 saturated heterocycles. The summed E-state index contributed by atoms with van der Waals surface area (Å²) in [7, 11) is 2.12. The number of hydrogen-bond donors (Lipinski definition) is 0. The Morgan fingerprint density at radius 3 is 2.86 bits per heavy atom. The fourth-order valence-electron chi connectivity index (χ4n) is 1.90. The number of nitrogens with zero attached hydrogens (tertiary/aromatic N) is 2. The van der Waals surface area contributed by atoms with E-state index in [0.717, 1.165) is 19.0 Å². The first kappa shape index (κ1) is 9.46. The quantitative estimate of drug-likeness (QED) is 0.708. The van der Waals surface area contributed by atoms with Crippen LogP contribution in [0.4, 0.5) is 0 Å². The van der Waals surface area contributed by atoms with Crippen LogP contribution in [0.15, 0.2) is 24.4 Å². The van der Waals surface area contributed by atoms with Gasteiger partial charge in [-0.1, -0.05) is 13.0 Å². The number of pyridine rings is 1. The van der Waals surface area contributed by atoms with E-state index in [0.29, 0.717) is 5.92 Å². The average Bonchev–Trinajstić information content (AvgIpc) is 2.47. The Bertz CT molecular complexity index is 289. The smallest absolute Gasteiger partial charge is 0.213 e. The predicted molar refractivity (Wildman–Crippen MR) is 55.3 cm³/mol. The molecule has 76 valence electrons. The van der Waals surface area contributed by atoms with Gasteiger partial charge in [0, 0.05) is 31.3 Å². The zero-order valence-corrected chi connectivity index (χ0v) is 8.68. The van der Waals surface area contributed by atoms with E-state index in [9.17, 15) is 0 Å². The monoisotopic (exact) mass is 192 g/mol. The molecule has 1 aromatic heterocycles. The lowest BCUT2D eigenvalue weighted by Crippen LogP contribution is -2.24. The summed E-state index contributed by atoms with van der Waals surface area (Å²) in [5, 5.41) is 0. The van der Waals surface area contributed by atoms with E-state index in [2.05, 4.69) is 23.9 Å². The van der Waals surface area contributed by atoms with E-state index in [1.807, 2.05) is 18.2 Å². The number of aromatic nitrogens is 1. The fourth-order valence-corrected chi connectivity index (χ4v) is 1.90. The zero-order chi connectivity index (χ0) is 9.97. The van der Waals surface area contributed by atoms with E-state index < -0.39 is 0 Å². The van der Waals surface area contributed by atoms with E-state index in [1.165, 1.54) is 0 Å². The molecule has 0 radical (unpaired) electrons. The van der Waals surface area contributed by atoms with Crippen LogP contribution in [0, 0.1) is 5.92 Å². The van der Waals surface area contributed by atoms with Crippen LogP contribution < -0.4 is 4.74 Å². The van der Waals surface area contributed by atoms with Gasteiger partial charge in [-0.05, 0) is 13.1 Å². The minimum atomic E-state index is 0.287. The molecule has 1 aromatic rings. The van der Waals surface area contributed by atoms with E-state index in [-0.39, 0.29) is 6.10 Å². The van der Waals surface area contributed by atoms with Gasteiger partial charge >= 0.3 is 0 Å². The molecule has 2 unspecified atom stereocenters. The van der Waals surface area contributed by atoms with E-state index >= 15 is 0 Å². The highest BCUT2D eigenvalue weighted by Gasteiger charge is 2.28. The maximum atomic E-state index is 5.81. The minimum Gasteiger partial charge on any atom is -0.473 e. The standard InChI is InChI=1S/C11H16N2O/c1-9-7-13(2)8-10(9)14-11-5-3-4-6-12-11/h3-6,9-10H,7-8H2,1-2H3. The van der Waals surface area contributed by atoms with Crippen molar-refractivity contribution in [1.29, 1.82) is 0 Å². The molecular formula is C11H16N2O. The molecule has 0 bridgehead atoms. The second-order valence-corrected chi connectivity index (χ2v) is 4.02. The van der Waals surface area contributed by atoms with Gasteiger partial charge in [0.2, 0.25) is 5.88 Å². The third-order valence-electron chi connectivity index (χ3n) is 2.64. The highest BCUT2D eigenvalue weighted by Crippen LogP contribution is 2.19. The second kappa shape index (κ2) is 3.96. The molecule has 1 aliphatic rings. The molecule has 1 aliphatic heterocycles. The molecule has 2 atom stereocenters. The molecule has 3 nitrogen and oxygen atoms in total. The van der Waals surface area contributed by atoms with Crippen LogP contribution in [0.3, 0.4) is 0 Å². The van der Waals surface area contributed by atoms with Crippen molar-refractivity contribution in [3.63, 3.8) is 0 Å². The van der Waals surface area contributed by atoms with Gasteiger partial charge in [-0.25, -0.2) is 4.98 Å². The first-order valence-corrected chi connectivity index (χ1v) is 5.02. The first-order chi connectivity index (χ1) is 6.75. The van der Waals surface area contributed by atoms with Crippen LogP contribution in [0.2, 0.25) is 0 Å². The SMILES string of the molecule is CC1CN(C)CC1Oc1ccccn1. The summed E-state index contributed by atoms with van der Waals surface area (Å²) >= 11 is 0. The Morgan fingerprint density at radius 2 is 2.29 bits per heavy atom. The average molecular weight is 192 g/mol. The van der Waals surface area contributed by atoms with Gasteiger partial charge in [-0.2, -0.15) is 0 Å². The summed E-state index contributed by atoms with van der Waals surface area (Å²) in [5.74, 6) is 1.32. The normalized spacial score (nSPS) is 27.9. The fraction of sp³-hybridized carbons (Fsp3) is 0.545. The number of rotatable bonds is 2.